The molecule has 0 aliphatic carbocycles. The van der Waals surface area contributed by atoms with Gasteiger partial charge >= 0.3 is 6.03 Å². The standard InChI is InChI=1S/C14H22N2O3/c17-13(15-11-7-10-1-2-12(11)19-10)16-5-3-14(8-16)4-6-18-9-14/h10-12H,1-9H2,(H,15,17)/t10-,11-,12-,14-/m1/s1. The van der Waals surface area contributed by atoms with Crippen LogP contribution in [0, 0.1) is 5.41 Å². The second-order valence-corrected chi connectivity index (χ2v) is 6.64. The predicted molar refractivity (Wildman–Crippen MR) is 68.9 cm³/mol. The summed E-state index contributed by atoms with van der Waals surface area (Å²) < 4.78 is 11.3. The van der Waals surface area contributed by atoms with Gasteiger partial charge in [-0.3, -0.25) is 0 Å². The molecule has 0 aromatic heterocycles. The first-order valence-corrected chi connectivity index (χ1v) is 7.53. The van der Waals surface area contributed by atoms with E-state index in [9.17, 15) is 4.79 Å². The highest BCUT2D eigenvalue weighted by atomic mass is 16.5. The Morgan fingerprint density at radius 2 is 2.26 bits per heavy atom. The maximum absolute atomic E-state index is 12.3. The predicted octanol–water partition coefficient (Wildman–Crippen LogP) is 1.13. The first kappa shape index (κ1) is 12.0. The van der Waals surface area contributed by atoms with E-state index in [1.54, 1.807) is 0 Å². The Morgan fingerprint density at radius 1 is 1.32 bits per heavy atom. The van der Waals surface area contributed by atoms with Crippen molar-refractivity contribution in [3.63, 3.8) is 0 Å². The third-order valence-electron chi connectivity index (χ3n) is 5.33. The Balaban J connectivity index is 1.34. The average molecular weight is 266 g/mol. The van der Waals surface area contributed by atoms with Gasteiger partial charge in [-0.2, -0.15) is 0 Å². The fourth-order valence-electron chi connectivity index (χ4n) is 4.12. The Bertz CT molecular complexity index is 381. The van der Waals surface area contributed by atoms with E-state index >= 15 is 0 Å². The molecule has 4 heterocycles. The molecule has 4 aliphatic heterocycles. The largest absolute Gasteiger partial charge is 0.381 e. The lowest BCUT2D eigenvalue weighted by Crippen LogP contribution is -2.48. The van der Waals surface area contributed by atoms with Crippen molar-refractivity contribution < 1.29 is 14.3 Å². The fourth-order valence-corrected chi connectivity index (χ4v) is 4.12. The molecule has 4 atom stereocenters. The van der Waals surface area contributed by atoms with Crippen molar-refractivity contribution in [1.82, 2.24) is 10.2 Å². The molecule has 106 valence electrons. The molecule has 0 unspecified atom stereocenters. The van der Waals surface area contributed by atoms with Gasteiger partial charge in [0.2, 0.25) is 0 Å². The van der Waals surface area contributed by atoms with E-state index in [-0.39, 0.29) is 23.6 Å². The van der Waals surface area contributed by atoms with Crippen LogP contribution in [0.2, 0.25) is 0 Å². The molecule has 4 rings (SSSR count). The van der Waals surface area contributed by atoms with Crippen LogP contribution in [0.15, 0.2) is 0 Å². The molecular formula is C14H22N2O3. The Kier molecular flexibility index (Phi) is 2.74. The van der Waals surface area contributed by atoms with Crippen LogP contribution in [0.5, 0.6) is 0 Å². The zero-order valence-electron chi connectivity index (χ0n) is 11.3. The van der Waals surface area contributed by atoms with Gasteiger partial charge in [-0.1, -0.05) is 0 Å². The molecular weight excluding hydrogens is 244 g/mol. The number of rotatable bonds is 1. The highest BCUT2D eigenvalue weighted by Gasteiger charge is 2.45. The monoisotopic (exact) mass is 266 g/mol. The summed E-state index contributed by atoms with van der Waals surface area (Å²) in [6.45, 7) is 3.42. The minimum Gasteiger partial charge on any atom is -0.381 e. The zero-order chi connectivity index (χ0) is 12.9. The second kappa shape index (κ2) is 4.35. The molecule has 19 heavy (non-hydrogen) atoms. The van der Waals surface area contributed by atoms with E-state index < -0.39 is 0 Å². The number of fused-ring (bicyclic) bond motifs is 2. The number of nitrogens with one attached hydrogen (secondary N) is 1. The van der Waals surface area contributed by atoms with Gasteiger partial charge in [-0.25, -0.2) is 4.79 Å². The number of hydrogen-bond acceptors (Lipinski definition) is 3. The molecule has 2 amide bonds. The molecule has 4 saturated heterocycles. The van der Waals surface area contributed by atoms with Crippen molar-refractivity contribution in [2.45, 2.75) is 50.4 Å². The topological polar surface area (TPSA) is 50.8 Å². The molecule has 0 radical (unpaired) electrons. The molecule has 0 aromatic carbocycles. The number of hydrogen-bond donors (Lipinski definition) is 1. The molecule has 4 fully saturated rings. The van der Waals surface area contributed by atoms with Gasteiger partial charge in [-0.15, -0.1) is 0 Å². The van der Waals surface area contributed by atoms with Crippen LogP contribution < -0.4 is 5.32 Å². The summed E-state index contributed by atoms with van der Waals surface area (Å²) in [5, 5.41) is 3.18. The maximum atomic E-state index is 12.3. The third kappa shape index (κ3) is 2.03. The van der Waals surface area contributed by atoms with Crippen LogP contribution in [0.25, 0.3) is 0 Å². The van der Waals surface area contributed by atoms with Gasteiger partial charge in [0.15, 0.2) is 0 Å². The van der Waals surface area contributed by atoms with Gasteiger partial charge < -0.3 is 19.7 Å². The van der Waals surface area contributed by atoms with E-state index in [2.05, 4.69) is 5.32 Å². The molecule has 0 saturated carbocycles. The van der Waals surface area contributed by atoms with Crippen LogP contribution in [-0.2, 0) is 9.47 Å². The number of ether oxygens (including phenoxy) is 2. The molecule has 5 heteroatoms. The summed E-state index contributed by atoms with van der Waals surface area (Å²) in [6.07, 6.45) is 6.12. The first-order chi connectivity index (χ1) is 9.24. The van der Waals surface area contributed by atoms with Gasteiger partial charge in [0, 0.05) is 25.1 Å². The van der Waals surface area contributed by atoms with Crippen LogP contribution >= 0.6 is 0 Å². The van der Waals surface area contributed by atoms with Crippen molar-refractivity contribution in [3.05, 3.63) is 0 Å². The van der Waals surface area contributed by atoms with Gasteiger partial charge in [0.1, 0.15) is 0 Å². The smallest absolute Gasteiger partial charge is 0.317 e. The number of urea groups is 1. The molecule has 2 bridgehead atoms. The second-order valence-electron chi connectivity index (χ2n) is 6.64. The molecule has 4 aliphatic rings. The van der Waals surface area contributed by atoms with Crippen molar-refractivity contribution in [2.75, 3.05) is 26.3 Å². The van der Waals surface area contributed by atoms with Crippen molar-refractivity contribution in [3.8, 4) is 0 Å². The molecule has 1 spiro atoms. The number of carbonyl (C=O) groups is 1. The Labute approximate surface area is 113 Å². The SMILES string of the molecule is O=C(N[C@@H]1C[C@H]2CC[C@H]1O2)N1CC[C@@]2(CCOC2)C1. The third-order valence-corrected chi connectivity index (χ3v) is 5.33. The summed E-state index contributed by atoms with van der Waals surface area (Å²) in [4.78, 5) is 14.3. The maximum Gasteiger partial charge on any atom is 0.317 e. The Hall–Kier alpha value is -0.810. The number of carbonyl (C=O) groups excluding carboxylic acids is 1. The molecule has 1 N–H and O–H groups in total. The summed E-state index contributed by atoms with van der Waals surface area (Å²) in [6, 6.07) is 0.340. The van der Waals surface area contributed by atoms with Crippen LogP contribution in [0.3, 0.4) is 0 Å². The van der Waals surface area contributed by atoms with Crippen molar-refractivity contribution >= 4 is 6.03 Å². The van der Waals surface area contributed by atoms with E-state index in [0.29, 0.717) is 6.10 Å². The van der Waals surface area contributed by atoms with Crippen LogP contribution in [-0.4, -0.2) is 55.5 Å². The lowest BCUT2D eigenvalue weighted by Gasteiger charge is -2.26. The number of likely N-dealkylation sites (tertiary alicyclic amines) is 1. The summed E-state index contributed by atoms with van der Waals surface area (Å²) in [5.41, 5.74) is 0.253. The van der Waals surface area contributed by atoms with E-state index in [1.807, 2.05) is 4.90 Å². The van der Waals surface area contributed by atoms with E-state index in [1.165, 1.54) is 6.42 Å². The highest BCUT2D eigenvalue weighted by Crippen LogP contribution is 2.38. The number of amides is 2. The van der Waals surface area contributed by atoms with Crippen LogP contribution in [0.4, 0.5) is 4.79 Å². The minimum atomic E-state index is 0.102. The lowest BCUT2D eigenvalue weighted by atomic mass is 9.87. The average Bonchev–Trinajstić information content (AvgIpc) is 3.16. The number of nitrogens with zero attached hydrogens (tertiary/aromatic N) is 1. The highest BCUT2D eigenvalue weighted by molar-refractivity contribution is 5.75. The zero-order valence-corrected chi connectivity index (χ0v) is 11.3. The van der Waals surface area contributed by atoms with Gasteiger partial charge in [0.25, 0.3) is 0 Å². The Morgan fingerprint density at radius 3 is 2.95 bits per heavy atom. The summed E-state index contributed by atoms with van der Waals surface area (Å²) >= 11 is 0. The van der Waals surface area contributed by atoms with E-state index in [0.717, 1.165) is 52.0 Å². The summed E-state index contributed by atoms with van der Waals surface area (Å²) in [7, 11) is 0. The van der Waals surface area contributed by atoms with Gasteiger partial charge in [-0.05, 0) is 32.1 Å². The van der Waals surface area contributed by atoms with E-state index in [4.69, 9.17) is 9.47 Å². The molecule has 5 nitrogen and oxygen atoms in total. The van der Waals surface area contributed by atoms with Crippen LogP contribution in [0.1, 0.15) is 32.1 Å². The van der Waals surface area contributed by atoms with Crippen molar-refractivity contribution in [2.24, 2.45) is 5.41 Å². The lowest BCUT2D eigenvalue weighted by molar-refractivity contribution is 0.0970. The summed E-state index contributed by atoms with van der Waals surface area (Å²) in [5.74, 6) is 0. The minimum absolute atomic E-state index is 0.102. The van der Waals surface area contributed by atoms with Gasteiger partial charge in [0.05, 0.1) is 24.9 Å². The van der Waals surface area contributed by atoms with Crippen molar-refractivity contribution in [1.29, 1.82) is 0 Å². The quantitative estimate of drug-likeness (QED) is 0.774. The molecule has 0 aromatic rings. The fraction of sp³-hybridized carbons (Fsp3) is 0.929. The first-order valence-electron chi connectivity index (χ1n) is 7.53. The normalized spacial score (nSPS) is 44.4.